The van der Waals surface area contributed by atoms with Crippen LogP contribution in [0.5, 0.6) is 0 Å². The molecule has 0 radical (unpaired) electrons. The number of nitriles is 1. The highest BCUT2D eigenvalue weighted by Crippen LogP contribution is 2.25. The predicted molar refractivity (Wildman–Crippen MR) is 69.0 cm³/mol. The van der Waals surface area contributed by atoms with Crippen molar-refractivity contribution in [2.75, 3.05) is 5.75 Å². The third-order valence-electron chi connectivity index (χ3n) is 1.96. The van der Waals surface area contributed by atoms with Gasteiger partial charge in [0.05, 0.1) is 11.6 Å². The number of hydrogen-bond acceptors (Lipinski definition) is 2. The first-order valence-electron chi connectivity index (χ1n) is 4.95. The fourth-order valence-corrected chi connectivity index (χ4v) is 3.01. The van der Waals surface area contributed by atoms with Crippen molar-refractivity contribution in [3.05, 3.63) is 28.2 Å². The first kappa shape index (κ1) is 12.6. The summed E-state index contributed by atoms with van der Waals surface area (Å²) in [6.07, 6.45) is 1.21. The van der Waals surface area contributed by atoms with Crippen LogP contribution in [-0.2, 0) is 0 Å². The molecule has 80 valence electrons. The van der Waals surface area contributed by atoms with Crippen molar-refractivity contribution < 1.29 is 0 Å². The van der Waals surface area contributed by atoms with Crippen LogP contribution in [0.15, 0.2) is 27.6 Å². The van der Waals surface area contributed by atoms with Crippen LogP contribution in [0, 0.1) is 17.2 Å². The van der Waals surface area contributed by atoms with E-state index in [1.54, 1.807) is 0 Å². The summed E-state index contributed by atoms with van der Waals surface area (Å²) < 4.78 is 0.980. The van der Waals surface area contributed by atoms with E-state index in [1.807, 2.05) is 23.9 Å². The molecule has 0 heterocycles. The second-order valence-electron chi connectivity index (χ2n) is 3.82. The smallest absolute Gasteiger partial charge is 0.0992 e. The quantitative estimate of drug-likeness (QED) is 0.762. The van der Waals surface area contributed by atoms with E-state index in [9.17, 15) is 0 Å². The van der Waals surface area contributed by atoms with Crippen molar-refractivity contribution in [1.82, 2.24) is 0 Å². The van der Waals surface area contributed by atoms with E-state index in [4.69, 9.17) is 5.26 Å². The van der Waals surface area contributed by atoms with Crippen LogP contribution in [0.2, 0.25) is 0 Å². The van der Waals surface area contributed by atoms with E-state index < -0.39 is 0 Å². The van der Waals surface area contributed by atoms with Crippen LogP contribution < -0.4 is 0 Å². The Bertz CT molecular complexity index is 368. The Morgan fingerprint density at radius 3 is 2.73 bits per heavy atom. The maximum atomic E-state index is 8.82. The molecule has 0 bridgehead atoms. The second kappa shape index (κ2) is 6.19. The Hall–Kier alpha value is -0.460. The van der Waals surface area contributed by atoms with Gasteiger partial charge >= 0.3 is 0 Å². The van der Waals surface area contributed by atoms with E-state index in [-0.39, 0.29) is 0 Å². The molecule has 0 fully saturated rings. The van der Waals surface area contributed by atoms with Gasteiger partial charge in [-0.25, -0.2) is 0 Å². The lowest BCUT2D eigenvalue weighted by Gasteiger charge is -2.05. The number of thioether (sulfide) groups is 1. The van der Waals surface area contributed by atoms with Gasteiger partial charge in [-0.05, 0) is 36.3 Å². The van der Waals surface area contributed by atoms with Crippen molar-refractivity contribution in [3.8, 4) is 6.07 Å². The minimum atomic E-state index is 0.719. The summed E-state index contributed by atoms with van der Waals surface area (Å²) >= 11 is 5.22. The van der Waals surface area contributed by atoms with Crippen molar-refractivity contribution in [2.24, 2.45) is 5.92 Å². The van der Waals surface area contributed by atoms with Gasteiger partial charge in [-0.3, -0.25) is 0 Å². The fourth-order valence-electron chi connectivity index (χ4n) is 1.12. The van der Waals surface area contributed by atoms with Gasteiger partial charge in [0.1, 0.15) is 0 Å². The Balaban J connectivity index is 2.61. The molecule has 1 nitrogen and oxygen atoms in total. The zero-order chi connectivity index (χ0) is 11.3. The summed E-state index contributed by atoms with van der Waals surface area (Å²) in [6, 6.07) is 8.01. The highest BCUT2D eigenvalue weighted by molar-refractivity contribution is 9.10. The number of hydrogen-bond donors (Lipinski definition) is 0. The summed E-state index contributed by atoms with van der Waals surface area (Å²) in [5.41, 5.74) is 0.719. The van der Waals surface area contributed by atoms with E-state index in [1.165, 1.54) is 11.3 Å². The highest BCUT2D eigenvalue weighted by atomic mass is 79.9. The molecule has 3 heteroatoms. The number of nitrogens with zero attached hydrogens (tertiary/aromatic N) is 1. The van der Waals surface area contributed by atoms with Crippen molar-refractivity contribution >= 4 is 27.7 Å². The van der Waals surface area contributed by atoms with E-state index >= 15 is 0 Å². The standard InChI is InChI=1S/C12H14BrNS/c1-9(2)3-4-15-12-6-10(8-14)5-11(13)7-12/h5-7,9H,3-4H2,1-2H3. The predicted octanol–water partition coefficient (Wildman–Crippen LogP) is 4.46. The second-order valence-corrected chi connectivity index (χ2v) is 5.90. The first-order chi connectivity index (χ1) is 7.11. The monoisotopic (exact) mass is 283 g/mol. The summed E-state index contributed by atoms with van der Waals surface area (Å²) in [4.78, 5) is 1.17. The van der Waals surface area contributed by atoms with Gasteiger partial charge in [0.25, 0.3) is 0 Å². The maximum absolute atomic E-state index is 8.82. The molecule has 1 aromatic rings. The summed E-state index contributed by atoms with van der Waals surface area (Å²) in [6.45, 7) is 4.45. The Morgan fingerprint density at radius 1 is 1.40 bits per heavy atom. The number of benzene rings is 1. The normalized spacial score (nSPS) is 10.3. The van der Waals surface area contributed by atoms with Crippen LogP contribution in [0.25, 0.3) is 0 Å². The average molecular weight is 284 g/mol. The third kappa shape index (κ3) is 4.72. The number of halogens is 1. The van der Waals surface area contributed by atoms with Crippen LogP contribution in [-0.4, -0.2) is 5.75 Å². The van der Waals surface area contributed by atoms with E-state index in [0.29, 0.717) is 0 Å². The summed E-state index contributed by atoms with van der Waals surface area (Å²) in [7, 11) is 0. The van der Waals surface area contributed by atoms with Crippen LogP contribution >= 0.6 is 27.7 Å². The molecular weight excluding hydrogens is 270 g/mol. The largest absolute Gasteiger partial charge is 0.192 e. The molecule has 0 unspecified atom stereocenters. The Morgan fingerprint density at radius 2 is 2.13 bits per heavy atom. The minimum absolute atomic E-state index is 0.719. The van der Waals surface area contributed by atoms with Gasteiger partial charge < -0.3 is 0 Å². The lowest BCUT2D eigenvalue weighted by Crippen LogP contribution is -1.89. The highest BCUT2D eigenvalue weighted by Gasteiger charge is 2.00. The Kier molecular flexibility index (Phi) is 5.21. The Labute approximate surface area is 104 Å². The zero-order valence-corrected chi connectivity index (χ0v) is 11.4. The van der Waals surface area contributed by atoms with Crippen molar-refractivity contribution in [1.29, 1.82) is 5.26 Å². The van der Waals surface area contributed by atoms with Gasteiger partial charge in [-0.2, -0.15) is 5.26 Å². The zero-order valence-electron chi connectivity index (χ0n) is 8.96. The van der Waals surface area contributed by atoms with Gasteiger partial charge in [0, 0.05) is 9.37 Å². The summed E-state index contributed by atoms with van der Waals surface area (Å²) in [5.74, 6) is 1.85. The summed E-state index contributed by atoms with van der Waals surface area (Å²) in [5, 5.41) is 8.82. The lowest BCUT2D eigenvalue weighted by atomic mass is 10.2. The maximum Gasteiger partial charge on any atom is 0.0992 e. The molecule has 0 spiro atoms. The molecule has 0 aromatic heterocycles. The van der Waals surface area contributed by atoms with Crippen molar-refractivity contribution in [3.63, 3.8) is 0 Å². The minimum Gasteiger partial charge on any atom is -0.192 e. The molecule has 0 aliphatic rings. The van der Waals surface area contributed by atoms with Crippen molar-refractivity contribution in [2.45, 2.75) is 25.2 Å². The van der Waals surface area contributed by atoms with Gasteiger partial charge in [0.15, 0.2) is 0 Å². The molecule has 1 rings (SSSR count). The SMILES string of the molecule is CC(C)CCSc1cc(Br)cc(C#N)c1. The molecule has 0 atom stereocenters. The molecule has 0 saturated carbocycles. The number of rotatable bonds is 4. The van der Waals surface area contributed by atoms with Crippen LogP contribution in [0.4, 0.5) is 0 Å². The van der Waals surface area contributed by atoms with Gasteiger partial charge in [-0.15, -0.1) is 11.8 Å². The molecular formula is C12H14BrNS. The average Bonchev–Trinajstić information content (AvgIpc) is 2.16. The fraction of sp³-hybridized carbons (Fsp3) is 0.417. The molecule has 0 amide bonds. The van der Waals surface area contributed by atoms with E-state index in [2.05, 4.69) is 41.9 Å². The topological polar surface area (TPSA) is 23.8 Å². The lowest BCUT2D eigenvalue weighted by molar-refractivity contribution is 0.632. The molecule has 1 aromatic carbocycles. The molecule has 15 heavy (non-hydrogen) atoms. The molecule has 0 saturated heterocycles. The molecule has 0 aliphatic heterocycles. The van der Waals surface area contributed by atoms with Gasteiger partial charge in [-0.1, -0.05) is 29.8 Å². The van der Waals surface area contributed by atoms with Crippen LogP contribution in [0.3, 0.4) is 0 Å². The molecule has 0 N–H and O–H groups in total. The van der Waals surface area contributed by atoms with E-state index in [0.717, 1.165) is 21.7 Å². The molecule has 0 aliphatic carbocycles. The van der Waals surface area contributed by atoms with Crippen LogP contribution in [0.1, 0.15) is 25.8 Å². The third-order valence-corrected chi connectivity index (χ3v) is 3.43. The van der Waals surface area contributed by atoms with Gasteiger partial charge in [0.2, 0.25) is 0 Å². The first-order valence-corrected chi connectivity index (χ1v) is 6.73.